The van der Waals surface area contributed by atoms with Crippen LogP contribution in [0.2, 0.25) is 0 Å². The van der Waals surface area contributed by atoms with Crippen molar-refractivity contribution in [3.05, 3.63) is 100 Å². The Morgan fingerprint density at radius 3 is 2.62 bits per heavy atom. The molecule has 2 aromatic carbocycles. The van der Waals surface area contributed by atoms with Crippen LogP contribution in [0.15, 0.2) is 91.8 Å². The van der Waals surface area contributed by atoms with E-state index in [2.05, 4.69) is 10.4 Å². The average Bonchev–Trinajstić information content (AvgIpc) is 3.56. The van der Waals surface area contributed by atoms with Crippen molar-refractivity contribution in [3.8, 4) is 10.8 Å². The molecule has 160 valence electrons. The van der Waals surface area contributed by atoms with E-state index in [0.717, 1.165) is 21.4 Å². The number of para-hydroxylation sites is 1. The fraction of sp³-hybridized carbons (Fsp3) is 0.125. The third-order valence-electron chi connectivity index (χ3n) is 5.06. The number of carbonyl (C=O) groups excluding carboxylic acids is 1. The lowest BCUT2D eigenvalue weighted by Crippen LogP contribution is -2.30. The van der Waals surface area contributed by atoms with Gasteiger partial charge in [-0.25, -0.2) is 4.79 Å². The lowest BCUT2D eigenvalue weighted by molar-refractivity contribution is -0.122. The van der Waals surface area contributed by atoms with Crippen LogP contribution in [0.4, 0.5) is 0 Å². The SMILES string of the molecule is O=C(CCn1nc(-c2cccs2)oc1=O)NC(c1ccccc1)c1cc2ccccc2o1. The summed E-state index contributed by atoms with van der Waals surface area (Å²) in [6.07, 6.45) is 0.0693. The zero-order valence-corrected chi connectivity index (χ0v) is 17.7. The van der Waals surface area contributed by atoms with Crippen LogP contribution >= 0.6 is 11.3 Å². The topological polar surface area (TPSA) is 90.3 Å². The summed E-state index contributed by atoms with van der Waals surface area (Å²) in [5.74, 6) is 0.0872. The Morgan fingerprint density at radius 1 is 1.03 bits per heavy atom. The van der Waals surface area contributed by atoms with Crippen molar-refractivity contribution >= 4 is 28.2 Å². The summed E-state index contributed by atoms with van der Waals surface area (Å²) in [5.41, 5.74) is 1.66. The quantitative estimate of drug-likeness (QED) is 0.395. The number of aromatic nitrogens is 2. The molecule has 0 fully saturated rings. The molecule has 1 amide bonds. The van der Waals surface area contributed by atoms with E-state index >= 15 is 0 Å². The summed E-state index contributed by atoms with van der Waals surface area (Å²) in [5, 5.41) is 10.1. The molecule has 5 aromatic rings. The van der Waals surface area contributed by atoms with Crippen molar-refractivity contribution in [1.82, 2.24) is 15.1 Å². The first kappa shape index (κ1) is 20.0. The first-order valence-corrected chi connectivity index (χ1v) is 11.0. The number of hydrogen-bond donors (Lipinski definition) is 1. The molecule has 0 aliphatic rings. The van der Waals surface area contributed by atoms with Gasteiger partial charge in [-0.3, -0.25) is 4.79 Å². The fourth-order valence-electron chi connectivity index (χ4n) is 3.50. The molecule has 0 saturated heterocycles. The van der Waals surface area contributed by atoms with Crippen LogP contribution in [-0.2, 0) is 11.3 Å². The molecule has 1 atom stereocenters. The van der Waals surface area contributed by atoms with E-state index in [0.29, 0.717) is 5.76 Å². The molecule has 1 N–H and O–H groups in total. The van der Waals surface area contributed by atoms with Gasteiger partial charge in [-0.2, -0.15) is 4.68 Å². The number of nitrogens with zero attached hydrogens (tertiary/aromatic N) is 2. The summed E-state index contributed by atoms with van der Waals surface area (Å²) < 4.78 is 12.4. The minimum Gasteiger partial charge on any atom is -0.459 e. The van der Waals surface area contributed by atoms with Crippen molar-refractivity contribution in [3.63, 3.8) is 0 Å². The second-order valence-corrected chi connectivity index (χ2v) is 8.17. The Bertz CT molecular complexity index is 1370. The van der Waals surface area contributed by atoms with Crippen LogP contribution in [0.3, 0.4) is 0 Å². The fourth-order valence-corrected chi connectivity index (χ4v) is 4.14. The third-order valence-corrected chi connectivity index (χ3v) is 5.91. The van der Waals surface area contributed by atoms with Gasteiger partial charge < -0.3 is 14.2 Å². The van der Waals surface area contributed by atoms with Crippen LogP contribution in [-0.4, -0.2) is 15.7 Å². The van der Waals surface area contributed by atoms with Crippen LogP contribution in [0.5, 0.6) is 0 Å². The normalized spacial score (nSPS) is 12.1. The number of furan rings is 1. The molecule has 0 radical (unpaired) electrons. The Labute approximate surface area is 186 Å². The van der Waals surface area contributed by atoms with Gasteiger partial charge in [0.25, 0.3) is 5.89 Å². The molecule has 7 nitrogen and oxygen atoms in total. The first-order chi connectivity index (χ1) is 15.7. The zero-order chi connectivity index (χ0) is 21.9. The van der Waals surface area contributed by atoms with Crippen LogP contribution in [0.1, 0.15) is 23.8 Å². The molecule has 8 heteroatoms. The van der Waals surface area contributed by atoms with Crippen molar-refractivity contribution in [2.45, 2.75) is 19.0 Å². The number of carbonyl (C=O) groups is 1. The molecule has 3 heterocycles. The maximum absolute atomic E-state index is 12.8. The van der Waals surface area contributed by atoms with E-state index in [1.165, 1.54) is 16.0 Å². The van der Waals surface area contributed by atoms with E-state index in [-0.39, 0.29) is 24.8 Å². The number of fused-ring (bicyclic) bond motifs is 1. The van der Waals surface area contributed by atoms with Gasteiger partial charge in [-0.05, 0) is 29.1 Å². The lowest BCUT2D eigenvalue weighted by atomic mass is 10.0. The van der Waals surface area contributed by atoms with Crippen molar-refractivity contribution in [1.29, 1.82) is 0 Å². The summed E-state index contributed by atoms with van der Waals surface area (Å²) in [6.45, 7) is 0.112. The predicted molar refractivity (Wildman–Crippen MR) is 121 cm³/mol. The van der Waals surface area contributed by atoms with E-state index in [1.54, 1.807) is 0 Å². The Balaban J connectivity index is 1.34. The smallest absolute Gasteiger partial charge is 0.437 e. The van der Waals surface area contributed by atoms with Gasteiger partial charge in [0.15, 0.2) is 0 Å². The number of nitrogens with one attached hydrogen (secondary N) is 1. The monoisotopic (exact) mass is 445 g/mol. The number of thiophene rings is 1. The average molecular weight is 446 g/mol. The highest BCUT2D eigenvalue weighted by Gasteiger charge is 2.21. The standard InChI is InChI=1S/C24H19N3O4S/c28-21(12-13-27-24(29)31-23(26-27)20-11-6-14-32-20)25-22(16-7-2-1-3-8-16)19-15-17-9-4-5-10-18(17)30-19/h1-11,14-15,22H,12-13H2,(H,25,28). The molecule has 32 heavy (non-hydrogen) atoms. The van der Waals surface area contributed by atoms with Gasteiger partial charge in [0.1, 0.15) is 17.4 Å². The van der Waals surface area contributed by atoms with E-state index in [1.807, 2.05) is 78.2 Å². The summed E-state index contributed by atoms with van der Waals surface area (Å²) in [4.78, 5) is 25.7. The molecular formula is C24H19N3O4S. The Morgan fingerprint density at radius 2 is 1.84 bits per heavy atom. The lowest BCUT2D eigenvalue weighted by Gasteiger charge is -2.17. The van der Waals surface area contributed by atoms with E-state index in [9.17, 15) is 9.59 Å². The van der Waals surface area contributed by atoms with Crippen LogP contribution in [0, 0.1) is 0 Å². The van der Waals surface area contributed by atoms with Gasteiger partial charge in [-0.1, -0.05) is 54.6 Å². The molecule has 0 saturated carbocycles. The minimum atomic E-state index is -0.585. The van der Waals surface area contributed by atoms with Crippen molar-refractivity contribution in [2.24, 2.45) is 0 Å². The molecule has 0 spiro atoms. The Kier molecular flexibility index (Phi) is 5.43. The molecule has 5 rings (SSSR count). The number of rotatable bonds is 7. The minimum absolute atomic E-state index is 0.0693. The first-order valence-electron chi connectivity index (χ1n) is 10.1. The number of aryl methyl sites for hydroxylation is 1. The summed E-state index contributed by atoms with van der Waals surface area (Å²) in [6, 6.07) is 22.5. The number of hydrogen-bond acceptors (Lipinski definition) is 6. The van der Waals surface area contributed by atoms with Gasteiger partial charge in [0.2, 0.25) is 5.91 Å². The molecular weight excluding hydrogens is 426 g/mol. The second kappa shape index (κ2) is 8.68. The number of amides is 1. The van der Waals surface area contributed by atoms with Gasteiger partial charge >= 0.3 is 5.76 Å². The molecule has 0 aliphatic heterocycles. The summed E-state index contributed by atoms with van der Waals surface area (Å²) in [7, 11) is 0. The highest BCUT2D eigenvalue weighted by molar-refractivity contribution is 7.13. The zero-order valence-electron chi connectivity index (χ0n) is 16.9. The molecule has 1 unspecified atom stereocenters. The maximum Gasteiger partial charge on any atom is 0.437 e. The molecule has 0 bridgehead atoms. The second-order valence-electron chi connectivity index (χ2n) is 7.22. The summed E-state index contributed by atoms with van der Waals surface area (Å²) >= 11 is 1.43. The Hall–Kier alpha value is -3.91. The largest absolute Gasteiger partial charge is 0.459 e. The van der Waals surface area contributed by atoms with Crippen molar-refractivity contribution in [2.75, 3.05) is 0 Å². The maximum atomic E-state index is 12.8. The molecule has 0 aliphatic carbocycles. The van der Waals surface area contributed by atoms with E-state index in [4.69, 9.17) is 8.83 Å². The number of benzene rings is 2. The highest BCUT2D eigenvalue weighted by atomic mass is 32.1. The van der Waals surface area contributed by atoms with Crippen molar-refractivity contribution < 1.29 is 13.6 Å². The van der Waals surface area contributed by atoms with Crippen LogP contribution < -0.4 is 11.1 Å². The third kappa shape index (κ3) is 4.13. The van der Waals surface area contributed by atoms with Gasteiger partial charge in [0.05, 0.1) is 11.4 Å². The van der Waals surface area contributed by atoms with Crippen LogP contribution in [0.25, 0.3) is 21.7 Å². The van der Waals surface area contributed by atoms with Gasteiger partial charge in [0, 0.05) is 11.8 Å². The highest BCUT2D eigenvalue weighted by Crippen LogP contribution is 2.28. The predicted octanol–water partition coefficient (Wildman–Crippen LogP) is 4.61. The van der Waals surface area contributed by atoms with E-state index < -0.39 is 11.8 Å². The molecule has 3 aromatic heterocycles. The van der Waals surface area contributed by atoms with Gasteiger partial charge in [-0.15, -0.1) is 16.4 Å².